The van der Waals surface area contributed by atoms with Crippen LogP contribution >= 0.6 is 22.6 Å². The molecule has 102 valence electrons. The van der Waals surface area contributed by atoms with Crippen molar-refractivity contribution in [2.75, 3.05) is 25.0 Å². The number of hydrogen-bond acceptors (Lipinski definition) is 4. The van der Waals surface area contributed by atoms with Crippen LogP contribution in [0.25, 0.3) is 0 Å². The third kappa shape index (κ3) is 3.55. The van der Waals surface area contributed by atoms with Gasteiger partial charge in [-0.1, -0.05) is 0 Å². The number of amides is 1. The summed E-state index contributed by atoms with van der Waals surface area (Å²) in [7, 11) is 0. The van der Waals surface area contributed by atoms with Gasteiger partial charge < -0.3 is 10.2 Å². The van der Waals surface area contributed by atoms with E-state index in [1.807, 2.05) is 27.5 Å². The van der Waals surface area contributed by atoms with Crippen LogP contribution in [0.4, 0.5) is 11.4 Å². The van der Waals surface area contributed by atoms with Crippen LogP contribution in [0.1, 0.15) is 12.8 Å². The molecule has 1 heterocycles. The fourth-order valence-corrected chi connectivity index (χ4v) is 2.70. The summed E-state index contributed by atoms with van der Waals surface area (Å²) >= 11 is 2.02. The van der Waals surface area contributed by atoms with Crippen LogP contribution in [0.5, 0.6) is 0 Å². The maximum atomic E-state index is 11.9. The number of benzene rings is 1. The Bertz CT molecular complexity index is 501. The number of nitrogens with one attached hydrogen (secondary N) is 1. The van der Waals surface area contributed by atoms with Crippen LogP contribution in [0.15, 0.2) is 18.2 Å². The van der Waals surface area contributed by atoms with Gasteiger partial charge in [-0.25, -0.2) is 0 Å². The van der Waals surface area contributed by atoms with Gasteiger partial charge in [-0.3, -0.25) is 14.9 Å². The van der Waals surface area contributed by atoms with Crippen molar-refractivity contribution in [3.8, 4) is 0 Å². The number of nitro benzene ring substituents is 1. The highest BCUT2D eigenvalue weighted by atomic mass is 127. The van der Waals surface area contributed by atoms with E-state index in [2.05, 4.69) is 5.32 Å². The molecular formula is C12H14IN3O3. The van der Waals surface area contributed by atoms with Crippen LogP contribution in [0.3, 0.4) is 0 Å². The normalized spacial score (nSPS) is 14.5. The number of anilines is 1. The molecule has 7 heteroatoms. The fourth-order valence-electron chi connectivity index (χ4n) is 2.01. The molecular weight excluding hydrogens is 361 g/mol. The predicted octanol–water partition coefficient (Wildman–Crippen LogP) is 2.23. The van der Waals surface area contributed by atoms with Crippen molar-refractivity contribution >= 4 is 39.9 Å². The summed E-state index contributed by atoms with van der Waals surface area (Å²) in [5.74, 6) is 0.0756. The molecule has 1 amide bonds. The van der Waals surface area contributed by atoms with E-state index in [9.17, 15) is 14.9 Å². The van der Waals surface area contributed by atoms with Gasteiger partial charge in [0.15, 0.2) is 0 Å². The number of hydrogen-bond donors (Lipinski definition) is 1. The van der Waals surface area contributed by atoms with Gasteiger partial charge in [0.25, 0.3) is 5.69 Å². The molecule has 1 aliphatic rings. The smallest absolute Gasteiger partial charge is 0.270 e. The van der Waals surface area contributed by atoms with Crippen LogP contribution in [-0.4, -0.2) is 35.4 Å². The molecule has 0 aromatic heterocycles. The molecule has 1 aromatic carbocycles. The average Bonchev–Trinajstić information content (AvgIpc) is 2.90. The van der Waals surface area contributed by atoms with Crippen molar-refractivity contribution in [2.45, 2.75) is 12.8 Å². The molecule has 1 aromatic rings. The lowest BCUT2D eigenvalue weighted by atomic mass is 10.3. The molecule has 1 N–H and O–H groups in total. The lowest BCUT2D eigenvalue weighted by Gasteiger charge is -2.16. The first-order valence-electron chi connectivity index (χ1n) is 6.03. The highest BCUT2D eigenvalue weighted by Crippen LogP contribution is 2.23. The van der Waals surface area contributed by atoms with Gasteiger partial charge in [0.1, 0.15) is 0 Å². The van der Waals surface area contributed by atoms with Crippen molar-refractivity contribution in [3.63, 3.8) is 0 Å². The number of carbonyl (C=O) groups excluding carboxylic acids is 1. The quantitative estimate of drug-likeness (QED) is 0.498. The Morgan fingerprint density at radius 3 is 2.68 bits per heavy atom. The van der Waals surface area contributed by atoms with E-state index in [0.29, 0.717) is 0 Å². The van der Waals surface area contributed by atoms with Crippen LogP contribution in [0.2, 0.25) is 0 Å². The number of non-ortho nitro benzene ring substituents is 1. The molecule has 1 fully saturated rings. The Hall–Kier alpha value is -1.38. The monoisotopic (exact) mass is 375 g/mol. The number of halogens is 1. The summed E-state index contributed by atoms with van der Waals surface area (Å²) in [6, 6.07) is 4.56. The van der Waals surface area contributed by atoms with E-state index >= 15 is 0 Å². The molecule has 0 bridgehead atoms. The number of carbonyl (C=O) groups is 1. The van der Waals surface area contributed by atoms with Gasteiger partial charge >= 0.3 is 0 Å². The van der Waals surface area contributed by atoms with E-state index in [4.69, 9.17) is 0 Å². The number of rotatable bonds is 4. The Morgan fingerprint density at radius 2 is 2.11 bits per heavy atom. The molecule has 6 nitrogen and oxygen atoms in total. The van der Waals surface area contributed by atoms with Gasteiger partial charge in [0, 0.05) is 34.5 Å². The molecule has 0 atom stereocenters. The molecule has 0 radical (unpaired) electrons. The van der Waals surface area contributed by atoms with Crippen LogP contribution in [-0.2, 0) is 4.79 Å². The number of likely N-dealkylation sites (tertiary alicyclic amines) is 1. The molecule has 2 rings (SSSR count). The van der Waals surface area contributed by atoms with Crippen LogP contribution < -0.4 is 5.32 Å². The maximum Gasteiger partial charge on any atom is 0.270 e. The van der Waals surface area contributed by atoms with Crippen LogP contribution in [0, 0.1) is 13.7 Å². The first kappa shape index (κ1) is 14.0. The van der Waals surface area contributed by atoms with E-state index in [0.717, 1.165) is 35.2 Å². The zero-order valence-electron chi connectivity index (χ0n) is 10.3. The SMILES string of the molecule is O=C(CNc1ccc([N+](=O)[O-])cc1I)N1CCCC1. The summed E-state index contributed by atoms with van der Waals surface area (Å²) in [4.78, 5) is 23.9. The van der Waals surface area contributed by atoms with Crippen molar-refractivity contribution in [1.29, 1.82) is 0 Å². The highest BCUT2D eigenvalue weighted by Gasteiger charge is 2.17. The van der Waals surface area contributed by atoms with Gasteiger partial charge in [-0.15, -0.1) is 0 Å². The van der Waals surface area contributed by atoms with Crippen molar-refractivity contribution in [1.82, 2.24) is 4.90 Å². The molecule has 0 spiro atoms. The Labute approximate surface area is 124 Å². The maximum absolute atomic E-state index is 11.9. The van der Waals surface area contributed by atoms with Gasteiger partial charge in [0.05, 0.1) is 11.5 Å². The lowest BCUT2D eigenvalue weighted by molar-refractivity contribution is -0.384. The summed E-state index contributed by atoms with van der Waals surface area (Å²) in [6.07, 6.45) is 2.14. The molecule has 0 saturated carbocycles. The molecule has 19 heavy (non-hydrogen) atoms. The summed E-state index contributed by atoms with van der Waals surface area (Å²) in [6.45, 7) is 1.89. The third-order valence-electron chi connectivity index (χ3n) is 3.05. The summed E-state index contributed by atoms with van der Waals surface area (Å²) < 4.78 is 0.737. The predicted molar refractivity (Wildman–Crippen MR) is 80.1 cm³/mol. The second kappa shape index (κ2) is 6.18. The first-order chi connectivity index (χ1) is 9.08. The fraction of sp³-hybridized carbons (Fsp3) is 0.417. The number of nitrogens with zero attached hydrogens (tertiary/aromatic N) is 2. The van der Waals surface area contributed by atoms with E-state index in [1.165, 1.54) is 12.1 Å². The highest BCUT2D eigenvalue weighted by molar-refractivity contribution is 14.1. The largest absolute Gasteiger partial charge is 0.375 e. The van der Waals surface area contributed by atoms with Gasteiger partial charge in [0.2, 0.25) is 5.91 Å². The second-order valence-electron chi connectivity index (χ2n) is 4.36. The minimum Gasteiger partial charge on any atom is -0.375 e. The lowest BCUT2D eigenvalue weighted by Crippen LogP contribution is -2.33. The molecule has 1 saturated heterocycles. The minimum atomic E-state index is -0.429. The zero-order valence-corrected chi connectivity index (χ0v) is 12.4. The third-order valence-corrected chi connectivity index (χ3v) is 3.94. The second-order valence-corrected chi connectivity index (χ2v) is 5.52. The van der Waals surface area contributed by atoms with E-state index in [1.54, 1.807) is 6.07 Å². The average molecular weight is 375 g/mol. The van der Waals surface area contributed by atoms with Gasteiger partial charge in [-0.05, 0) is 41.5 Å². The standard InChI is InChI=1S/C12H14IN3O3/c13-10-7-9(16(18)19)3-4-11(10)14-8-12(17)15-5-1-2-6-15/h3-4,7,14H,1-2,5-6,8H2. The van der Waals surface area contributed by atoms with E-state index in [-0.39, 0.29) is 18.1 Å². The molecule has 0 unspecified atom stereocenters. The Balaban J connectivity index is 1.95. The zero-order chi connectivity index (χ0) is 13.8. The van der Waals surface area contributed by atoms with E-state index < -0.39 is 4.92 Å². The minimum absolute atomic E-state index is 0.0563. The summed E-state index contributed by atoms with van der Waals surface area (Å²) in [5, 5.41) is 13.7. The first-order valence-corrected chi connectivity index (χ1v) is 7.11. The molecule has 0 aliphatic carbocycles. The Kier molecular flexibility index (Phi) is 4.56. The topological polar surface area (TPSA) is 75.5 Å². The summed E-state index contributed by atoms with van der Waals surface area (Å²) in [5.41, 5.74) is 0.805. The van der Waals surface area contributed by atoms with Crippen molar-refractivity contribution in [3.05, 3.63) is 31.9 Å². The van der Waals surface area contributed by atoms with Gasteiger partial charge in [-0.2, -0.15) is 0 Å². The Morgan fingerprint density at radius 1 is 1.42 bits per heavy atom. The van der Waals surface area contributed by atoms with Crippen molar-refractivity contribution in [2.24, 2.45) is 0 Å². The number of nitro groups is 1. The molecule has 1 aliphatic heterocycles. The van der Waals surface area contributed by atoms with Crippen molar-refractivity contribution < 1.29 is 9.72 Å².